The van der Waals surface area contributed by atoms with E-state index in [2.05, 4.69) is 20.8 Å². The molecule has 2 N–H and O–H groups in total. The third kappa shape index (κ3) is 5.39. The van der Waals surface area contributed by atoms with Crippen LogP contribution in [0.4, 0.5) is 10.5 Å². The van der Waals surface area contributed by atoms with E-state index in [1.807, 2.05) is 30.3 Å². The number of anilines is 1. The highest BCUT2D eigenvalue weighted by molar-refractivity contribution is 7.13. The first kappa shape index (κ1) is 21.3. The number of aromatic nitrogens is 2. The van der Waals surface area contributed by atoms with Crippen LogP contribution in [0.2, 0.25) is 5.02 Å². The maximum Gasteiger partial charge on any atom is 0.318 e. The Hall–Kier alpha value is -2.97. The van der Waals surface area contributed by atoms with E-state index < -0.39 is 0 Å². The fraction of sp³-hybridized carbons (Fsp3) is 0.273. The topological polar surface area (TPSA) is 87.2 Å². The smallest absolute Gasteiger partial charge is 0.318 e. The van der Waals surface area contributed by atoms with Gasteiger partial charge in [0.25, 0.3) is 5.91 Å². The van der Waals surface area contributed by atoms with Crippen LogP contribution in [0, 0.1) is 0 Å². The molecule has 2 heterocycles. The number of carbonyl (C=O) groups excluding carboxylic acids is 2. The highest BCUT2D eigenvalue weighted by Crippen LogP contribution is 2.33. The summed E-state index contributed by atoms with van der Waals surface area (Å²) < 4.78 is 0. The van der Waals surface area contributed by atoms with Crippen LogP contribution in [0.15, 0.2) is 54.6 Å². The first-order valence-electron chi connectivity index (χ1n) is 10.1. The fourth-order valence-corrected chi connectivity index (χ4v) is 4.52. The van der Waals surface area contributed by atoms with Crippen molar-refractivity contribution in [3.05, 3.63) is 75.2 Å². The molecule has 1 fully saturated rings. The molecule has 1 aliphatic rings. The Morgan fingerprint density at radius 2 is 1.87 bits per heavy atom. The van der Waals surface area contributed by atoms with Crippen LogP contribution in [-0.4, -0.2) is 40.1 Å². The van der Waals surface area contributed by atoms with Gasteiger partial charge >= 0.3 is 6.03 Å². The zero-order valence-electron chi connectivity index (χ0n) is 16.8. The van der Waals surface area contributed by atoms with E-state index in [1.54, 1.807) is 29.2 Å². The number of benzene rings is 2. The van der Waals surface area contributed by atoms with Gasteiger partial charge in [-0.25, -0.2) is 4.79 Å². The van der Waals surface area contributed by atoms with Gasteiger partial charge in [-0.15, -0.1) is 10.2 Å². The lowest BCUT2D eigenvalue weighted by Crippen LogP contribution is -2.40. The number of nitrogens with zero attached hydrogens (tertiary/aromatic N) is 3. The molecule has 9 heteroatoms. The van der Waals surface area contributed by atoms with Crippen molar-refractivity contribution in [2.45, 2.75) is 25.3 Å². The van der Waals surface area contributed by atoms with Crippen molar-refractivity contribution in [1.29, 1.82) is 0 Å². The molecular weight excluding hydrogens is 434 g/mol. The van der Waals surface area contributed by atoms with Crippen LogP contribution < -0.4 is 10.6 Å². The van der Waals surface area contributed by atoms with Crippen molar-refractivity contribution in [3.63, 3.8) is 0 Å². The summed E-state index contributed by atoms with van der Waals surface area (Å²) in [6.07, 6.45) is 2.47. The van der Waals surface area contributed by atoms with E-state index in [4.69, 9.17) is 11.6 Å². The number of amides is 3. The number of hydrogen-bond acceptors (Lipinski definition) is 5. The second-order valence-electron chi connectivity index (χ2n) is 7.23. The third-order valence-electron chi connectivity index (χ3n) is 5.07. The first-order valence-corrected chi connectivity index (χ1v) is 11.3. The van der Waals surface area contributed by atoms with Crippen LogP contribution >= 0.6 is 22.9 Å². The quantitative estimate of drug-likeness (QED) is 0.571. The van der Waals surface area contributed by atoms with E-state index >= 15 is 0 Å². The molecular formula is C22H22ClN5O2S. The average molecular weight is 456 g/mol. The molecule has 31 heavy (non-hydrogen) atoms. The van der Waals surface area contributed by atoms with Crippen LogP contribution in [0.5, 0.6) is 0 Å². The van der Waals surface area contributed by atoms with Crippen molar-refractivity contribution >= 4 is 40.6 Å². The van der Waals surface area contributed by atoms with Gasteiger partial charge in [0, 0.05) is 23.8 Å². The Balaban J connectivity index is 1.35. The van der Waals surface area contributed by atoms with Gasteiger partial charge in [0.05, 0.1) is 6.04 Å². The summed E-state index contributed by atoms with van der Waals surface area (Å²) >= 11 is 7.09. The molecule has 0 spiro atoms. The fourth-order valence-electron chi connectivity index (χ4n) is 3.51. The lowest BCUT2D eigenvalue weighted by molar-refractivity contribution is 0.102. The molecule has 1 aliphatic heterocycles. The van der Waals surface area contributed by atoms with E-state index in [-0.39, 0.29) is 23.0 Å². The van der Waals surface area contributed by atoms with Crippen molar-refractivity contribution in [3.8, 4) is 0 Å². The molecule has 2 aromatic carbocycles. The Kier molecular flexibility index (Phi) is 6.79. The molecule has 0 saturated carbocycles. The van der Waals surface area contributed by atoms with E-state index in [1.165, 1.54) is 16.9 Å². The zero-order chi connectivity index (χ0) is 21.6. The monoisotopic (exact) mass is 455 g/mol. The van der Waals surface area contributed by atoms with E-state index in [0.717, 1.165) is 19.3 Å². The molecule has 160 valence electrons. The summed E-state index contributed by atoms with van der Waals surface area (Å²) in [5.41, 5.74) is 1.81. The van der Waals surface area contributed by atoms with Gasteiger partial charge in [-0.05, 0) is 49.1 Å². The van der Waals surface area contributed by atoms with Crippen molar-refractivity contribution in [1.82, 2.24) is 20.4 Å². The van der Waals surface area contributed by atoms with Crippen molar-refractivity contribution in [2.75, 3.05) is 18.4 Å². The average Bonchev–Trinajstić information content (AvgIpc) is 3.46. The van der Waals surface area contributed by atoms with Gasteiger partial charge in [-0.3, -0.25) is 4.79 Å². The van der Waals surface area contributed by atoms with Crippen LogP contribution in [0.3, 0.4) is 0 Å². The summed E-state index contributed by atoms with van der Waals surface area (Å²) in [6.45, 7) is 1.23. The lowest BCUT2D eigenvalue weighted by atomic mass is 10.1. The first-order chi connectivity index (χ1) is 15.1. The minimum atomic E-state index is -0.331. The van der Waals surface area contributed by atoms with Gasteiger partial charge < -0.3 is 15.5 Å². The maximum absolute atomic E-state index is 12.7. The van der Waals surface area contributed by atoms with Gasteiger partial charge in [-0.1, -0.05) is 53.3 Å². The van der Waals surface area contributed by atoms with Crippen LogP contribution in [0.25, 0.3) is 0 Å². The molecule has 0 radical (unpaired) electrons. The van der Waals surface area contributed by atoms with Gasteiger partial charge in [0.1, 0.15) is 5.01 Å². The predicted octanol–water partition coefficient (Wildman–Crippen LogP) is 4.53. The Morgan fingerprint density at radius 3 is 2.65 bits per heavy atom. The molecule has 1 atom stereocenters. The van der Waals surface area contributed by atoms with Gasteiger partial charge in [0.2, 0.25) is 5.01 Å². The van der Waals surface area contributed by atoms with Gasteiger partial charge in [0.15, 0.2) is 0 Å². The van der Waals surface area contributed by atoms with Crippen molar-refractivity contribution < 1.29 is 9.59 Å². The highest BCUT2D eigenvalue weighted by Gasteiger charge is 2.33. The summed E-state index contributed by atoms with van der Waals surface area (Å²) in [5.74, 6) is -0.331. The normalized spacial score (nSPS) is 15.6. The molecule has 1 aromatic heterocycles. The predicted molar refractivity (Wildman–Crippen MR) is 122 cm³/mol. The van der Waals surface area contributed by atoms with E-state index in [0.29, 0.717) is 28.8 Å². The summed E-state index contributed by atoms with van der Waals surface area (Å²) in [5, 5.41) is 15.6. The maximum atomic E-state index is 12.7. The third-order valence-corrected chi connectivity index (χ3v) is 6.34. The Morgan fingerprint density at radius 1 is 1.10 bits per heavy atom. The second kappa shape index (κ2) is 9.89. The highest BCUT2D eigenvalue weighted by atomic mass is 35.5. The Labute approximate surface area is 189 Å². The number of likely N-dealkylation sites (tertiary alicyclic amines) is 1. The number of hydrogen-bond donors (Lipinski definition) is 2. The van der Waals surface area contributed by atoms with Crippen molar-refractivity contribution in [2.24, 2.45) is 0 Å². The standard InChI is InChI=1S/C22H22ClN5O2S/c23-16-8-10-17(11-9-16)25-19(29)21-27-26-20(31-21)18-7-4-14-28(18)22(30)24-13-12-15-5-2-1-3-6-15/h1-3,5-6,8-11,18H,4,7,12-14H2,(H,24,30)(H,25,29)/t18-/m1/s1. The SMILES string of the molecule is O=C(Nc1ccc(Cl)cc1)c1nnc([C@H]2CCCN2C(=O)NCCc2ccccc2)s1. The number of nitrogens with one attached hydrogen (secondary N) is 2. The number of rotatable bonds is 6. The summed E-state index contributed by atoms with van der Waals surface area (Å²) in [7, 11) is 0. The molecule has 3 aromatic rings. The second-order valence-corrected chi connectivity index (χ2v) is 8.67. The summed E-state index contributed by atoms with van der Waals surface area (Å²) in [6, 6.07) is 16.6. The molecule has 7 nitrogen and oxygen atoms in total. The Bertz CT molecular complexity index is 1040. The lowest BCUT2D eigenvalue weighted by Gasteiger charge is -2.23. The number of carbonyl (C=O) groups is 2. The minimum absolute atomic E-state index is 0.110. The molecule has 4 rings (SSSR count). The largest absolute Gasteiger partial charge is 0.338 e. The van der Waals surface area contributed by atoms with Crippen LogP contribution in [0.1, 0.15) is 39.3 Å². The number of urea groups is 1. The zero-order valence-corrected chi connectivity index (χ0v) is 18.3. The molecule has 0 aliphatic carbocycles. The number of halogens is 1. The summed E-state index contributed by atoms with van der Waals surface area (Å²) in [4.78, 5) is 27.0. The molecule has 0 unspecified atom stereocenters. The molecule has 3 amide bonds. The van der Waals surface area contributed by atoms with Gasteiger partial charge in [-0.2, -0.15) is 0 Å². The van der Waals surface area contributed by atoms with E-state index in [9.17, 15) is 9.59 Å². The molecule has 0 bridgehead atoms. The molecule has 1 saturated heterocycles. The minimum Gasteiger partial charge on any atom is -0.338 e. The van der Waals surface area contributed by atoms with Crippen LogP contribution in [-0.2, 0) is 6.42 Å².